The van der Waals surface area contributed by atoms with Gasteiger partial charge < -0.3 is 5.32 Å². The van der Waals surface area contributed by atoms with E-state index in [2.05, 4.69) is 38.3 Å². The predicted molar refractivity (Wildman–Crippen MR) is 46.0 cm³/mol. The Labute approximate surface area is 64.4 Å². The van der Waals surface area contributed by atoms with Crippen molar-refractivity contribution < 1.29 is 0 Å². The van der Waals surface area contributed by atoms with Crippen LogP contribution in [0, 0.1) is 5.92 Å². The standard InChI is InChI=1S/C8H20N2/c1-6(2)8(9-5)10-7(3)4/h6-10H,1-5H3. The van der Waals surface area contributed by atoms with Crippen molar-refractivity contribution in [3.05, 3.63) is 0 Å². The molecule has 0 fully saturated rings. The maximum absolute atomic E-state index is 3.42. The highest BCUT2D eigenvalue weighted by atomic mass is 15.1. The van der Waals surface area contributed by atoms with Gasteiger partial charge in [0.1, 0.15) is 0 Å². The summed E-state index contributed by atoms with van der Waals surface area (Å²) in [5, 5.41) is 6.64. The first-order chi connectivity index (χ1) is 4.57. The van der Waals surface area contributed by atoms with Crippen LogP contribution < -0.4 is 10.6 Å². The SMILES string of the molecule is CNC(NC(C)C)C(C)C. The van der Waals surface area contributed by atoms with Crippen molar-refractivity contribution >= 4 is 0 Å². The molecule has 0 aliphatic rings. The molecule has 0 aromatic rings. The summed E-state index contributed by atoms with van der Waals surface area (Å²) in [5.41, 5.74) is 0. The number of hydrogen-bond donors (Lipinski definition) is 2. The minimum absolute atomic E-state index is 0.444. The van der Waals surface area contributed by atoms with Gasteiger partial charge in [-0.15, -0.1) is 0 Å². The molecule has 10 heavy (non-hydrogen) atoms. The first-order valence-corrected chi connectivity index (χ1v) is 4.01. The molecule has 2 N–H and O–H groups in total. The largest absolute Gasteiger partial charge is 0.305 e. The van der Waals surface area contributed by atoms with E-state index >= 15 is 0 Å². The van der Waals surface area contributed by atoms with E-state index in [1.165, 1.54) is 0 Å². The lowest BCUT2D eigenvalue weighted by Crippen LogP contribution is -2.47. The van der Waals surface area contributed by atoms with E-state index in [1.807, 2.05) is 7.05 Å². The van der Waals surface area contributed by atoms with Crippen molar-refractivity contribution in [2.75, 3.05) is 7.05 Å². The summed E-state index contributed by atoms with van der Waals surface area (Å²) in [6.07, 6.45) is 0.444. The third kappa shape index (κ3) is 3.85. The smallest absolute Gasteiger partial charge is 0.0594 e. The highest BCUT2D eigenvalue weighted by Crippen LogP contribution is 1.97. The summed E-state index contributed by atoms with van der Waals surface area (Å²) < 4.78 is 0. The second kappa shape index (κ2) is 4.69. The van der Waals surface area contributed by atoms with Gasteiger partial charge >= 0.3 is 0 Å². The van der Waals surface area contributed by atoms with Gasteiger partial charge in [-0.25, -0.2) is 0 Å². The summed E-state index contributed by atoms with van der Waals surface area (Å²) in [4.78, 5) is 0. The molecule has 0 heterocycles. The van der Waals surface area contributed by atoms with Crippen molar-refractivity contribution in [1.82, 2.24) is 10.6 Å². The quantitative estimate of drug-likeness (QED) is 0.579. The van der Waals surface area contributed by atoms with Crippen LogP contribution >= 0.6 is 0 Å². The average molecular weight is 144 g/mol. The van der Waals surface area contributed by atoms with Crippen LogP contribution in [0.5, 0.6) is 0 Å². The molecule has 0 aliphatic heterocycles. The van der Waals surface area contributed by atoms with Crippen molar-refractivity contribution in [3.63, 3.8) is 0 Å². The summed E-state index contributed by atoms with van der Waals surface area (Å²) in [5.74, 6) is 0.646. The molecule has 0 amide bonds. The Morgan fingerprint density at radius 1 is 1.00 bits per heavy atom. The lowest BCUT2D eigenvalue weighted by atomic mass is 10.1. The van der Waals surface area contributed by atoms with Gasteiger partial charge in [0.15, 0.2) is 0 Å². The molecule has 0 radical (unpaired) electrons. The van der Waals surface area contributed by atoms with Gasteiger partial charge in [-0.2, -0.15) is 0 Å². The van der Waals surface area contributed by atoms with Crippen LogP contribution in [0.1, 0.15) is 27.7 Å². The molecule has 0 aliphatic carbocycles. The van der Waals surface area contributed by atoms with E-state index in [1.54, 1.807) is 0 Å². The molecule has 0 spiro atoms. The molecule has 0 saturated carbocycles. The molecular formula is C8H20N2. The van der Waals surface area contributed by atoms with Gasteiger partial charge in [0.05, 0.1) is 6.17 Å². The zero-order valence-corrected chi connectivity index (χ0v) is 7.73. The van der Waals surface area contributed by atoms with E-state index in [9.17, 15) is 0 Å². The highest BCUT2D eigenvalue weighted by Gasteiger charge is 2.09. The highest BCUT2D eigenvalue weighted by molar-refractivity contribution is 4.67. The van der Waals surface area contributed by atoms with Gasteiger partial charge in [-0.3, -0.25) is 5.32 Å². The topological polar surface area (TPSA) is 24.1 Å². The van der Waals surface area contributed by atoms with E-state index in [0.717, 1.165) is 0 Å². The molecule has 0 aromatic heterocycles. The third-order valence-corrected chi connectivity index (χ3v) is 1.49. The fraction of sp³-hybridized carbons (Fsp3) is 1.00. The lowest BCUT2D eigenvalue weighted by molar-refractivity contribution is 0.331. The number of nitrogens with one attached hydrogen (secondary N) is 2. The van der Waals surface area contributed by atoms with Gasteiger partial charge in [0.2, 0.25) is 0 Å². The molecule has 0 aromatic carbocycles. The van der Waals surface area contributed by atoms with Crippen LogP contribution in [0.15, 0.2) is 0 Å². The van der Waals surface area contributed by atoms with E-state index in [0.29, 0.717) is 18.1 Å². The predicted octanol–water partition coefficient (Wildman–Crippen LogP) is 1.19. The maximum Gasteiger partial charge on any atom is 0.0594 e. The van der Waals surface area contributed by atoms with Crippen molar-refractivity contribution in [3.8, 4) is 0 Å². The zero-order chi connectivity index (χ0) is 8.15. The van der Waals surface area contributed by atoms with Crippen molar-refractivity contribution in [2.24, 2.45) is 5.92 Å². The molecule has 0 saturated heterocycles. The number of rotatable bonds is 4. The van der Waals surface area contributed by atoms with Crippen LogP contribution in [0.2, 0.25) is 0 Å². The lowest BCUT2D eigenvalue weighted by Gasteiger charge is -2.23. The number of hydrogen-bond acceptors (Lipinski definition) is 2. The normalized spacial score (nSPS) is 14.7. The van der Waals surface area contributed by atoms with Crippen LogP contribution in [0.3, 0.4) is 0 Å². The molecule has 2 nitrogen and oxygen atoms in total. The van der Waals surface area contributed by atoms with Crippen molar-refractivity contribution in [1.29, 1.82) is 0 Å². The van der Waals surface area contributed by atoms with Gasteiger partial charge in [0, 0.05) is 6.04 Å². The van der Waals surface area contributed by atoms with Gasteiger partial charge in [-0.05, 0) is 26.8 Å². The Hall–Kier alpha value is -0.0800. The Morgan fingerprint density at radius 2 is 1.50 bits per heavy atom. The molecule has 0 rings (SSSR count). The minimum atomic E-state index is 0.444. The third-order valence-electron chi connectivity index (χ3n) is 1.49. The molecule has 0 bridgehead atoms. The van der Waals surface area contributed by atoms with Crippen LogP contribution in [0.25, 0.3) is 0 Å². The van der Waals surface area contributed by atoms with E-state index in [4.69, 9.17) is 0 Å². The Bertz CT molecular complexity index is 79.3. The second-order valence-electron chi connectivity index (χ2n) is 3.33. The van der Waals surface area contributed by atoms with Gasteiger partial charge in [0.25, 0.3) is 0 Å². The Kier molecular flexibility index (Phi) is 4.65. The van der Waals surface area contributed by atoms with E-state index < -0.39 is 0 Å². The van der Waals surface area contributed by atoms with Crippen LogP contribution in [0.4, 0.5) is 0 Å². The Balaban J connectivity index is 3.60. The first kappa shape index (κ1) is 9.92. The molecule has 1 atom stereocenters. The maximum atomic E-state index is 3.42. The summed E-state index contributed by atoms with van der Waals surface area (Å²) >= 11 is 0. The minimum Gasteiger partial charge on any atom is -0.305 e. The van der Waals surface area contributed by atoms with Crippen molar-refractivity contribution in [2.45, 2.75) is 39.9 Å². The summed E-state index contributed by atoms with van der Waals surface area (Å²) in [6, 6.07) is 0.555. The van der Waals surface area contributed by atoms with E-state index in [-0.39, 0.29) is 0 Å². The first-order valence-electron chi connectivity index (χ1n) is 4.01. The monoisotopic (exact) mass is 144 g/mol. The molecule has 62 valence electrons. The van der Waals surface area contributed by atoms with Crippen LogP contribution in [-0.2, 0) is 0 Å². The fourth-order valence-corrected chi connectivity index (χ4v) is 0.968. The second-order valence-corrected chi connectivity index (χ2v) is 3.33. The summed E-state index contributed by atoms with van der Waals surface area (Å²) in [6.45, 7) is 8.73. The zero-order valence-electron chi connectivity index (χ0n) is 7.73. The van der Waals surface area contributed by atoms with Crippen LogP contribution in [-0.4, -0.2) is 19.3 Å². The molecule has 2 heteroatoms. The summed E-state index contributed by atoms with van der Waals surface area (Å²) in [7, 11) is 1.99. The molecular weight excluding hydrogens is 124 g/mol. The fourth-order valence-electron chi connectivity index (χ4n) is 0.968. The Morgan fingerprint density at radius 3 is 1.60 bits per heavy atom. The average Bonchev–Trinajstić information content (AvgIpc) is 1.81. The molecule has 1 unspecified atom stereocenters. The van der Waals surface area contributed by atoms with Gasteiger partial charge in [-0.1, -0.05) is 13.8 Å².